The molecule has 0 amide bonds. The topological polar surface area (TPSA) is 50.3 Å². The molecule has 1 aliphatic heterocycles. The quantitative estimate of drug-likeness (QED) is 0.525. The van der Waals surface area contributed by atoms with Gasteiger partial charge in [-0.3, -0.25) is 14.6 Å². The third-order valence-corrected chi connectivity index (χ3v) is 5.44. The molecule has 2 heterocycles. The van der Waals surface area contributed by atoms with Crippen LogP contribution in [0.4, 0.5) is 5.69 Å². The molecule has 1 aromatic heterocycles. The Morgan fingerprint density at radius 1 is 0.808 bits per heavy atom. The van der Waals surface area contributed by atoms with Crippen LogP contribution >= 0.6 is 0 Å². The van der Waals surface area contributed by atoms with Crippen molar-refractivity contribution in [3.05, 3.63) is 70.9 Å². The van der Waals surface area contributed by atoms with Gasteiger partial charge in [-0.15, -0.1) is 0 Å². The van der Waals surface area contributed by atoms with Crippen LogP contribution in [0.25, 0.3) is 10.9 Å². The molecule has 1 saturated heterocycles. The largest absolute Gasteiger partial charge is 0.371 e. The molecular formula is C22H18N2O2. The number of ketones is 2. The summed E-state index contributed by atoms with van der Waals surface area (Å²) in [6.07, 6.45) is 5.11. The van der Waals surface area contributed by atoms with Gasteiger partial charge in [0.2, 0.25) is 0 Å². The van der Waals surface area contributed by atoms with Crippen LogP contribution < -0.4 is 4.90 Å². The number of fused-ring (bicyclic) bond motifs is 4. The highest BCUT2D eigenvalue weighted by Crippen LogP contribution is 2.38. The van der Waals surface area contributed by atoms with Crippen LogP contribution in [0.15, 0.2) is 48.7 Å². The van der Waals surface area contributed by atoms with E-state index in [0.717, 1.165) is 37.0 Å². The minimum Gasteiger partial charge on any atom is -0.371 e. The summed E-state index contributed by atoms with van der Waals surface area (Å²) in [7, 11) is 0. The second kappa shape index (κ2) is 5.77. The molecule has 4 nitrogen and oxygen atoms in total. The Kier molecular flexibility index (Phi) is 3.38. The van der Waals surface area contributed by atoms with Crippen LogP contribution in [-0.2, 0) is 0 Å². The summed E-state index contributed by atoms with van der Waals surface area (Å²) in [6, 6.07) is 13.0. The van der Waals surface area contributed by atoms with Gasteiger partial charge >= 0.3 is 0 Å². The Hall–Kier alpha value is -3.01. The van der Waals surface area contributed by atoms with Crippen molar-refractivity contribution in [1.82, 2.24) is 4.98 Å². The lowest BCUT2D eigenvalue weighted by Gasteiger charge is -2.32. The predicted octanol–water partition coefficient (Wildman–Crippen LogP) is 4.00. The van der Waals surface area contributed by atoms with Gasteiger partial charge < -0.3 is 4.90 Å². The number of anilines is 1. The molecule has 5 rings (SSSR count). The van der Waals surface area contributed by atoms with E-state index in [0.29, 0.717) is 27.8 Å². The van der Waals surface area contributed by atoms with E-state index in [9.17, 15) is 9.59 Å². The Balaban J connectivity index is 1.85. The summed E-state index contributed by atoms with van der Waals surface area (Å²) in [5.41, 5.74) is 3.48. The highest BCUT2D eigenvalue weighted by Gasteiger charge is 2.35. The van der Waals surface area contributed by atoms with Crippen molar-refractivity contribution in [2.24, 2.45) is 0 Å². The lowest BCUT2D eigenvalue weighted by molar-refractivity contribution is 0.0980. The van der Waals surface area contributed by atoms with Crippen molar-refractivity contribution >= 4 is 28.2 Å². The number of carbonyl (C=O) groups is 2. The van der Waals surface area contributed by atoms with Crippen LogP contribution in [0.2, 0.25) is 0 Å². The van der Waals surface area contributed by atoms with Gasteiger partial charge in [-0.1, -0.05) is 30.3 Å². The van der Waals surface area contributed by atoms with Crippen LogP contribution in [0.1, 0.15) is 51.1 Å². The van der Waals surface area contributed by atoms with Crippen LogP contribution in [0, 0.1) is 0 Å². The Labute approximate surface area is 151 Å². The minimum absolute atomic E-state index is 0.0664. The second-order valence-electron chi connectivity index (χ2n) is 6.97. The van der Waals surface area contributed by atoms with Crippen LogP contribution in [0.3, 0.4) is 0 Å². The Morgan fingerprint density at radius 2 is 1.50 bits per heavy atom. The molecule has 128 valence electrons. The van der Waals surface area contributed by atoms with Crippen LogP contribution in [0.5, 0.6) is 0 Å². The van der Waals surface area contributed by atoms with Gasteiger partial charge in [0.15, 0.2) is 11.6 Å². The first-order valence-corrected chi connectivity index (χ1v) is 9.11. The molecule has 0 bridgehead atoms. The highest BCUT2D eigenvalue weighted by atomic mass is 16.1. The zero-order chi connectivity index (χ0) is 17.7. The fourth-order valence-corrected chi connectivity index (χ4v) is 4.19. The molecule has 1 aliphatic carbocycles. The average Bonchev–Trinajstić information content (AvgIpc) is 2.71. The van der Waals surface area contributed by atoms with E-state index in [1.807, 2.05) is 24.3 Å². The number of piperidine rings is 1. The van der Waals surface area contributed by atoms with Crippen molar-refractivity contribution < 1.29 is 9.59 Å². The smallest absolute Gasteiger partial charge is 0.196 e. The molecule has 26 heavy (non-hydrogen) atoms. The number of aromatic nitrogens is 1. The van der Waals surface area contributed by atoms with E-state index in [-0.39, 0.29) is 11.6 Å². The van der Waals surface area contributed by atoms with E-state index >= 15 is 0 Å². The third-order valence-electron chi connectivity index (χ3n) is 5.44. The van der Waals surface area contributed by atoms with Crippen molar-refractivity contribution in [1.29, 1.82) is 0 Å². The van der Waals surface area contributed by atoms with E-state index in [1.54, 1.807) is 24.4 Å². The monoisotopic (exact) mass is 342 g/mol. The zero-order valence-electron chi connectivity index (χ0n) is 14.4. The fourth-order valence-electron chi connectivity index (χ4n) is 4.19. The van der Waals surface area contributed by atoms with Gasteiger partial charge in [0.05, 0.1) is 16.6 Å². The number of carbonyl (C=O) groups excluding carboxylic acids is 2. The molecule has 0 atom stereocenters. The highest BCUT2D eigenvalue weighted by molar-refractivity contribution is 6.33. The predicted molar refractivity (Wildman–Crippen MR) is 101 cm³/mol. The molecule has 2 aromatic carbocycles. The number of benzene rings is 2. The maximum atomic E-state index is 13.4. The van der Waals surface area contributed by atoms with Crippen molar-refractivity contribution in [2.45, 2.75) is 19.3 Å². The minimum atomic E-state index is -0.0993. The third kappa shape index (κ3) is 2.11. The standard InChI is InChI=1S/C22H18N2O2/c25-21-15-8-2-3-9-16(15)22(26)19-18(21)17(24-11-4-1-5-12-24)13-14-7-6-10-23-20(14)19/h2-3,6-10,13H,1,4-5,11-12H2. The molecule has 0 radical (unpaired) electrons. The SMILES string of the molecule is O=C1c2ccccc2C(=O)c2c1c(N1CCCCC1)cc1cccnc21. The van der Waals surface area contributed by atoms with E-state index < -0.39 is 0 Å². The first kappa shape index (κ1) is 15.3. The summed E-state index contributed by atoms with van der Waals surface area (Å²) in [5.74, 6) is -0.166. The van der Waals surface area contributed by atoms with Gasteiger partial charge in [0.25, 0.3) is 0 Å². The van der Waals surface area contributed by atoms with Gasteiger partial charge in [0, 0.05) is 41.5 Å². The van der Waals surface area contributed by atoms with E-state index in [4.69, 9.17) is 0 Å². The summed E-state index contributed by atoms with van der Waals surface area (Å²) in [5, 5.41) is 0.910. The lowest BCUT2D eigenvalue weighted by atomic mass is 9.81. The van der Waals surface area contributed by atoms with Gasteiger partial charge in [-0.05, 0) is 31.4 Å². The van der Waals surface area contributed by atoms with Crippen LogP contribution in [-0.4, -0.2) is 29.6 Å². The van der Waals surface area contributed by atoms with Gasteiger partial charge in [-0.25, -0.2) is 0 Å². The maximum absolute atomic E-state index is 13.4. The lowest BCUT2D eigenvalue weighted by Crippen LogP contribution is -2.33. The second-order valence-corrected chi connectivity index (χ2v) is 6.97. The first-order chi connectivity index (χ1) is 12.8. The number of rotatable bonds is 1. The molecule has 0 N–H and O–H groups in total. The molecular weight excluding hydrogens is 324 g/mol. The fraction of sp³-hybridized carbons (Fsp3) is 0.227. The van der Waals surface area contributed by atoms with Crippen molar-refractivity contribution in [3.63, 3.8) is 0 Å². The normalized spacial score (nSPS) is 16.5. The Bertz CT molecular complexity index is 1060. The molecule has 0 unspecified atom stereocenters. The first-order valence-electron chi connectivity index (χ1n) is 9.11. The van der Waals surface area contributed by atoms with E-state index in [2.05, 4.69) is 9.88 Å². The summed E-state index contributed by atoms with van der Waals surface area (Å²) in [4.78, 5) is 33.4. The molecule has 4 heteroatoms. The molecule has 3 aromatic rings. The van der Waals surface area contributed by atoms with Crippen molar-refractivity contribution in [2.75, 3.05) is 18.0 Å². The summed E-state index contributed by atoms with van der Waals surface area (Å²) < 4.78 is 0. The maximum Gasteiger partial charge on any atom is 0.196 e. The summed E-state index contributed by atoms with van der Waals surface area (Å²) >= 11 is 0. The van der Waals surface area contributed by atoms with Gasteiger partial charge in [-0.2, -0.15) is 0 Å². The van der Waals surface area contributed by atoms with E-state index in [1.165, 1.54) is 6.42 Å². The number of nitrogens with zero attached hydrogens (tertiary/aromatic N) is 2. The Morgan fingerprint density at radius 3 is 2.23 bits per heavy atom. The molecule has 0 spiro atoms. The molecule has 1 fully saturated rings. The average molecular weight is 342 g/mol. The zero-order valence-corrected chi connectivity index (χ0v) is 14.4. The van der Waals surface area contributed by atoms with Gasteiger partial charge in [0.1, 0.15) is 0 Å². The molecule has 2 aliphatic rings. The van der Waals surface area contributed by atoms with Crippen molar-refractivity contribution in [3.8, 4) is 0 Å². The number of hydrogen-bond donors (Lipinski definition) is 0. The number of hydrogen-bond acceptors (Lipinski definition) is 4. The summed E-state index contributed by atoms with van der Waals surface area (Å²) in [6.45, 7) is 1.84. The molecule has 0 saturated carbocycles. The number of pyridine rings is 1.